The van der Waals surface area contributed by atoms with E-state index in [1.807, 2.05) is 6.07 Å². The molecule has 18 nitrogen and oxygen atoms in total. The third-order valence-electron chi connectivity index (χ3n) is 7.32. The number of anilines is 1. The maximum absolute atomic E-state index is 14.1. The number of aliphatic imine (C=N–C) groups is 1. The smallest absolute Gasteiger partial charge is 0.407 e. The van der Waals surface area contributed by atoms with Gasteiger partial charge in [0.1, 0.15) is 6.61 Å². The van der Waals surface area contributed by atoms with Crippen LogP contribution >= 0.6 is 0 Å². The summed E-state index contributed by atoms with van der Waals surface area (Å²) < 4.78 is 5.15. The lowest BCUT2D eigenvalue weighted by Gasteiger charge is -2.35. The van der Waals surface area contributed by atoms with Crippen LogP contribution in [0.25, 0.3) is 0 Å². The lowest BCUT2D eigenvalue weighted by molar-refractivity contribution is -0.646. The molecule has 252 valence electrons. The fourth-order valence-electron chi connectivity index (χ4n) is 5.02. The molecule has 18 heteroatoms. The number of nitrogens with two attached hydrogens (primary N) is 2. The van der Waals surface area contributed by atoms with Gasteiger partial charge in [-0.3, -0.25) is 29.5 Å². The molecule has 0 aliphatic carbocycles. The maximum atomic E-state index is 14.1. The van der Waals surface area contributed by atoms with Gasteiger partial charge in [-0.05, 0) is 61.4 Å². The lowest BCUT2D eigenvalue weighted by atomic mass is 9.83. The van der Waals surface area contributed by atoms with Gasteiger partial charge in [0.05, 0.1) is 11.0 Å². The van der Waals surface area contributed by atoms with Crippen LogP contribution < -0.4 is 27.4 Å². The molecule has 1 heterocycles. The first kappa shape index (κ1) is 35.8. The van der Waals surface area contributed by atoms with Crippen LogP contribution in [0.1, 0.15) is 44.1 Å². The number of carbonyl (C=O) groups is 4. The molecular weight excluding hydrogens is 618 g/mol. The Labute approximate surface area is 269 Å². The molecule has 2 aromatic rings. The highest BCUT2D eigenvalue weighted by molar-refractivity contribution is 6.17. The van der Waals surface area contributed by atoms with E-state index in [4.69, 9.17) is 16.2 Å². The molecule has 0 bridgehead atoms. The van der Waals surface area contributed by atoms with Crippen LogP contribution in [-0.4, -0.2) is 75.8 Å². The van der Waals surface area contributed by atoms with E-state index in [2.05, 4.69) is 20.9 Å². The van der Waals surface area contributed by atoms with Crippen LogP contribution in [0.2, 0.25) is 0 Å². The van der Waals surface area contributed by atoms with Gasteiger partial charge in [-0.1, -0.05) is 30.3 Å². The molecule has 1 fully saturated rings. The van der Waals surface area contributed by atoms with Crippen LogP contribution in [0.15, 0.2) is 59.6 Å². The van der Waals surface area contributed by atoms with Crippen LogP contribution in [0, 0.1) is 20.2 Å². The predicted octanol–water partition coefficient (Wildman–Crippen LogP) is 1.37. The Balaban J connectivity index is 1.90. The third kappa shape index (κ3) is 9.92. The monoisotopic (exact) mass is 655 g/mol. The number of ketones is 1. The van der Waals surface area contributed by atoms with Crippen molar-refractivity contribution in [1.82, 2.24) is 15.6 Å². The maximum Gasteiger partial charge on any atom is 0.407 e. The van der Waals surface area contributed by atoms with Gasteiger partial charge in [-0.25, -0.2) is 14.9 Å². The van der Waals surface area contributed by atoms with Crippen molar-refractivity contribution in [3.63, 3.8) is 0 Å². The number of nitro benzene ring substituents is 1. The molecular formula is C29H37N9O9. The van der Waals surface area contributed by atoms with Gasteiger partial charge in [-0.2, -0.15) is 0 Å². The molecule has 7 N–H and O–H groups in total. The Morgan fingerprint density at radius 1 is 1.04 bits per heavy atom. The quantitative estimate of drug-likeness (QED) is 0.0404. The summed E-state index contributed by atoms with van der Waals surface area (Å²) >= 11 is 0. The van der Waals surface area contributed by atoms with Crippen molar-refractivity contribution in [2.75, 3.05) is 25.0 Å². The summed E-state index contributed by atoms with van der Waals surface area (Å²) in [5.74, 6) is -3.58. The summed E-state index contributed by atoms with van der Waals surface area (Å²) in [5, 5.41) is 30.5. The zero-order chi connectivity index (χ0) is 34.4. The largest absolute Gasteiger partial charge is 0.445 e. The number of guanidine groups is 1. The Hall–Kier alpha value is -5.65. The molecule has 0 aromatic heterocycles. The number of nitro groups is 2. The van der Waals surface area contributed by atoms with E-state index in [1.165, 1.54) is 12.1 Å². The Bertz CT molecular complexity index is 1460. The number of alkyl carbamates (subject to hydrolysis) is 1. The number of hydrazine groups is 1. The van der Waals surface area contributed by atoms with E-state index < -0.39 is 58.1 Å². The zero-order valence-electron chi connectivity index (χ0n) is 25.5. The second-order valence-electron chi connectivity index (χ2n) is 10.6. The first-order valence-corrected chi connectivity index (χ1v) is 14.8. The van der Waals surface area contributed by atoms with Crippen LogP contribution in [-0.2, 0) is 25.7 Å². The Kier molecular flexibility index (Phi) is 13.1. The molecule has 0 radical (unpaired) electrons. The summed E-state index contributed by atoms with van der Waals surface area (Å²) in [6, 6.07) is 12.5. The summed E-state index contributed by atoms with van der Waals surface area (Å²) in [5.41, 5.74) is 8.57. The number of non-ortho nitro benzene ring substituents is 1. The van der Waals surface area contributed by atoms with Gasteiger partial charge < -0.3 is 32.2 Å². The second kappa shape index (κ2) is 17.2. The minimum Gasteiger partial charge on any atom is -0.445 e. The predicted molar refractivity (Wildman–Crippen MR) is 168 cm³/mol. The molecule has 0 spiro atoms. The molecule has 1 aliphatic rings. The number of carbonyl (C=O) groups excluding carboxylic acids is 4. The molecule has 2 aromatic carbocycles. The number of amides is 3. The SMILES string of the molecule is NC(N)=NCCC[C@@](C(=O)CCCNC(=O)OCc1ccccc1)(C(=O)Nc1ccc([N+](=O)[O-])cc1)N(C(=O)[C@@H]1CCCN1)[N+](=O)[O-]. The van der Waals surface area contributed by atoms with Crippen molar-refractivity contribution in [2.45, 2.75) is 56.7 Å². The van der Waals surface area contributed by atoms with Crippen molar-refractivity contribution in [3.8, 4) is 0 Å². The highest BCUT2D eigenvalue weighted by Crippen LogP contribution is 2.30. The van der Waals surface area contributed by atoms with E-state index in [1.54, 1.807) is 24.3 Å². The van der Waals surface area contributed by atoms with E-state index in [9.17, 15) is 39.4 Å². The number of rotatable bonds is 17. The molecule has 0 unspecified atom stereocenters. The van der Waals surface area contributed by atoms with Crippen LogP contribution in [0.3, 0.4) is 0 Å². The number of hydrogen-bond donors (Lipinski definition) is 5. The van der Waals surface area contributed by atoms with Crippen molar-refractivity contribution < 1.29 is 33.9 Å². The summed E-state index contributed by atoms with van der Waals surface area (Å²) in [6.45, 7) is 0.180. The summed E-state index contributed by atoms with van der Waals surface area (Å²) in [7, 11) is 0. The number of Topliss-reactive ketones (excluding diaryl/α,β-unsaturated/α-hetero) is 1. The van der Waals surface area contributed by atoms with E-state index >= 15 is 0 Å². The van der Waals surface area contributed by atoms with Crippen LogP contribution in [0.5, 0.6) is 0 Å². The zero-order valence-corrected chi connectivity index (χ0v) is 25.5. The summed E-state index contributed by atoms with van der Waals surface area (Å²) in [6.07, 6.45) is -1.21. The minimum atomic E-state index is -2.70. The third-order valence-corrected chi connectivity index (χ3v) is 7.32. The second-order valence-corrected chi connectivity index (χ2v) is 10.6. The van der Waals surface area contributed by atoms with Gasteiger partial charge >= 0.3 is 12.0 Å². The van der Waals surface area contributed by atoms with Crippen molar-refractivity contribution >= 4 is 41.0 Å². The van der Waals surface area contributed by atoms with Gasteiger partial charge in [0, 0.05) is 37.3 Å². The van der Waals surface area contributed by atoms with E-state index in [0.717, 1.165) is 17.7 Å². The van der Waals surface area contributed by atoms with Gasteiger partial charge in [0.2, 0.25) is 5.54 Å². The number of hydrogen-bond acceptors (Lipinski definition) is 11. The molecule has 3 rings (SSSR count). The van der Waals surface area contributed by atoms with Crippen molar-refractivity contribution in [3.05, 3.63) is 80.4 Å². The lowest BCUT2D eigenvalue weighted by Crippen LogP contribution is -2.67. The number of ether oxygens (including phenoxy) is 1. The molecule has 1 aliphatic heterocycles. The first-order valence-electron chi connectivity index (χ1n) is 14.8. The fraction of sp³-hybridized carbons (Fsp3) is 0.414. The number of benzene rings is 2. The highest BCUT2D eigenvalue weighted by Gasteiger charge is 2.59. The fourth-order valence-corrected chi connectivity index (χ4v) is 5.02. The first-order chi connectivity index (χ1) is 22.5. The molecule has 2 atom stereocenters. The van der Waals surface area contributed by atoms with Gasteiger partial charge in [0.15, 0.2) is 16.8 Å². The van der Waals surface area contributed by atoms with Gasteiger partial charge in [-0.15, -0.1) is 0 Å². The topological polar surface area (TPSA) is 268 Å². The van der Waals surface area contributed by atoms with Crippen LogP contribution in [0.4, 0.5) is 16.2 Å². The Morgan fingerprint density at radius 2 is 1.74 bits per heavy atom. The van der Waals surface area contributed by atoms with E-state index in [0.29, 0.717) is 13.0 Å². The summed E-state index contributed by atoms with van der Waals surface area (Å²) in [4.78, 5) is 80.9. The normalized spacial score (nSPS) is 15.0. The molecule has 0 saturated carbocycles. The number of nitrogens with zero attached hydrogens (tertiary/aromatic N) is 4. The molecule has 3 amide bonds. The van der Waals surface area contributed by atoms with Gasteiger partial charge in [0.25, 0.3) is 11.6 Å². The molecule has 47 heavy (non-hydrogen) atoms. The minimum absolute atomic E-state index is 0.00242. The average Bonchev–Trinajstić information content (AvgIpc) is 3.59. The average molecular weight is 656 g/mol. The van der Waals surface area contributed by atoms with Crippen molar-refractivity contribution in [1.29, 1.82) is 0 Å². The molecule has 1 saturated heterocycles. The highest BCUT2D eigenvalue weighted by atomic mass is 16.7. The Morgan fingerprint density at radius 3 is 2.34 bits per heavy atom. The standard InChI is InChI=1S/C29H37N9O9/c30-27(31)33-18-6-15-29(36(38(45)46)25(40)23-9-4-16-32-23,26(41)35-21-11-13-22(14-12-21)37(43)44)24(39)10-5-17-34-28(42)47-19-20-7-2-1-3-8-20/h1-3,7-8,11-14,23,32H,4-6,9-10,15-19H2,(H,34,42)(H,35,41)(H4,30,31,33)/t23-,29+/m0/s1. The van der Waals surface area contributed by atoms with Crippen molar-refractivity contribution in [2.24, 2.45) is 16.5 Å². The number of nitrogens with one attached hydrogen (secondary N) is 3. The van der Waals surface area contributed by atoms with E-state index in [-0.39, 0.29) is 61.3 Å².